The SMILES string of the molecule is CCCC1CCN(C2CCCC(C#N)(NCC)C2)CC1. The summed E-state index contributed by atoms with van der Waals surface area (Å²) in [5.41, 5.74) is -0.252. The lowest BCUT2D eigenvalue weighted by Gasteiger charge is -2.44. The van der Waals surface area contributed by atoms with Crippen LogP contribution in [-0.4, -0.2) is 36.1 Å². The summed E-state index contributed by atoms with van der Waals surface area (Å²) in [6.07, 6.45) is 9.99. The van der Waals surface area contributed by atoms with Crippen LogP contribution in [-0.2, 0) is 0 Å². The van der Waals surface area contributed by atoms with Gasteiger partial charge in [-0.05, 0) is 64.1 Å². The van der Waals surface area contributed by atoms with Crippen LogP contribution in [0, 0.1) is 17.2 Å². The van der Waals surface area contributed by atoms with E-state index in [-0.39, 0.29) is 5.54 Å². The van der Waals surface area contributed by atoms with Crippen molar-refractivity contribution in [3.05, 3.63) is 0 Å². The molecule has 0 spiro atoms. The number of hydrogen-bond donors (Lipinski definition) is 1. The zero-order valence-corrected chi connectivity index (χ0v) is 13.3. The molecule has 114 valence electrons. The number of rotatable bonds is 5. The van der Waals surface area contributed by atoms with E-state index in [1.807, 2.05) is 0 Å². The Morgan fingerprint density at radius 1 is 1.25 bits per heavy atom. The number of hydrogen-bond acceptors (Lipinski definition) is 3. The molecule has 20 heavy (non-hydrogen) atoms. The van der Waals surface area contributed by atoms with Gasteiger partial charge in [0.2, 0.25) is 0 Å². The van der Waals surface area contributed by atoms with Crippen LogP contribution in [0.25, 0.3) is 0 Å². The normalized spacial score (nSPS) is 33.0. The first kappa shape index (κ1) is 15.8. The van der Waals surface area contributed by atoms with Crippen LogP contribution in [0.2, 0.25) is 0 Å². The molecular formula is C17H31N3. The summed E-state index contributed by atoms with van der Waals surface area (Å²) in [5, 5.41) is 13.0. The van der Waals surface area contributed by atoms with Crippen molar-refractivity contribution >= 4 is 0 Å². The minimum atomic E-state index is -0.252. The molecule has 2 unspecified atom stereocenters. The highest BCUT2D eigenvalue weighted by Crippen LogP contribution is 2.33. The van der Waals surface area contributed by atoms with Gasteiger partial charge in [0.05, 0.1) is 6.07 Å². The predicted molar refractivity (Wildman–Crippen MR) is 83.5 cm³/mol. The molecule has 0 bridgehead atoms. The Hall–Kier alpha value is -0.590. The van der Waals surface area contributed by atoms with Crippen molar-refractivity contribution in [2.75, 3.05) is 19.6 Å². The molecular weight excluding hydrogens is 246 g/mol. The summed E-state index contributed by atoms with van der Waals surface area (Å²) < 4.78 is 0. The lowest BCUT2D eigenvalue weighted by Crippen LogP contribution is -2.54. The fourth-order valence-corrected chi connectivity index (χ4v) is 4.21. The zero-order valence-electron chi connectivity index (χ0n) is 13.3. The maximum absolute atomic E-state index is 9.57. The first-order valence-corrected chi connectivity index (χ1v) is 8.63. The van der Waals surface area contributed by atoms with E-state index in [9.17, 15) is 5.26 Å². The Morgan fingerprint density at radius 2 is 2.00 bits per heavy atom. The van der Waals surface area contributed by atoms with E-state index < -0.39 is 0 Å². The van der Waals surface area contributed by atoms with Crippen molar-refractivity contribution in [1.29, 1.82) is 5.26 Å². The molecule has 0 aromatic heterocycles. The van der Waals surface area contributed by atoms with E-state index in [4.69, 9.17) is 0 Å². The van der Waals surface area contributed by atoms with Crippen LogP contribution >= 0.6 is 0 Å². The Bertz CT molecular complexity index is 324. The Kier molecular flexibility index (Phi) is 5.86. The number of likely N-dealkylation sites (tertiary alicyclic amines) is 1. The number of nitrogens with zero attached hydrogens (tertiary/aromatic N) is 2. The van der Waals surface area contributed by atoms with Gasteiger partial charge in [-0.25, -0.2) is 0 Å². The highest BCUT2D eigenvalue weighted by Gasteiger charge is 2.38. The van der Waals surface area contributed by atoms with Crippen LogP contribution in [0.5, 0.6) is 0 Å². The third-order valence-electron chi connectivity index (χ3n) is 5.32. The van der Waals surface area contributed by atoms with Gasteiger partial charge in [-0.2, -0.15) is 5.26 Å². The molecule has 1 saturated heterocycles. The van der Waals surface area contributed by atoms with Gasteiger partial charge in [0.1, 0.15) is 5.54 Å². The lowest BCUT2D eigenvalue weighted by molar-refractivity contribution is 0.0821. The predicted octanol–water partition coefficient (Wildman–Crippen LogP) is 3.31. The van der Waals surface area contributed by atoms with Crippen molar-refractivity contribution < 1.29 is 0 Å². The topological polar surface area (TPSA) is 39.1 Å². The molecule has 3 nitrogen and oxygen atoms in total. The molecule has 2 rings (SSSR count). The quantitative estimate of drug-likeness (QED) is 0.838. The third-order valence-corrected chi connectivity index (χ3v) is 5.32. The highest BCUT2D eigenvalue weighted by atomic mass is 15.2. The maximum Gasteiger partial charge on any atom is 0.108 e. The van der Waals surface area contributed by atoms with Gasteiger partial charge in [0.15, 0.2) is 0 Å². The fourth-order valence-electron chi connectivity index (χ4n) is 4.21. The van der Waals surface area contributed by atoms with Gasteiger partial charge in [0.25, 0.3) is 0 Å². The minimum absolute atomic E-state index is 0.252. The highest BCUT2D eigenvalue weighted by molar-refractivity contribution is 5.11. The van der Waals surface area contributed by atoms with Crippen molar-refractivity contribution in [2.24, 2.45) is 5.92 Å². The Balaban J connectivity index is 1.88. The van der Waals surface area contributed by atoms with Crippen LogP contribution in [0.4, 0.5) is 0 Å². The summed E-state index contributed by atoms with van der Waals surface area (Å²) in [4.78, 5) is 2.68. The molecule has 1 aliphatic heterocycles. The molecule has 0 amide bonds. The second-order valence-corrected chi connectivity index (χ2v) is 6.74. The van der Waals surface area contributed by atoms with E-state index in [0.29, 0.717) is 6.04 Å². The van der Waals surface area contributed by atoms with Gasteiger partial charge in [0, 0.05) is 6.04 Å². The summed E-state index contributed by atoms with van der Waals surface area (Å²) in [5.74, 6) is 0.953. The Morgan fingerprint density at radius 3 is 2.60 bits per heavy atom. The first-order valence-electron chi connectivity index (χ1n) is 8.63. The van der Waals surface area contributed by atoms with Crippen molar-refractivity contribution in [1.82, 2.24) is 10.2 Å². The summed E-state index contributed by atoms with van der Waals surface area (Å²) in [6.45, 7) is 7.81. The molecule has 1 aliphatic carbocycles. The molecule has 2 aliphatic rings. The standard InChI is InChI=1S/C17H31N3/c1-3-6-15-8-11-20(12-9-15)16-7-5-10-17(13-16,14-18)19-4-2/h15-16,19H,3-13H2,1-2H3. The third kappa shape index (κ3) is 3.74. The summed E-state index contributed by atoms with van der Waals surface area (Å²) in [6, 6.07) is 3.21. The van der Waals surface area contributed by atoms with Crippen LogP contribution in [0.15, 0.2) is 0 Å². The van der Waals surface area contributed by atoms with E-state index in [0.717, 1.165) is 25.3 Å². The fraction of sp³-hybridized carbons (Fsp3) is 0.941. The summed E-state index contributed by atoms with van der Waals surface area (Å²) in [7, 11) is 0. The molecule has 2 atom stereocenters. The first-order chi connectivity index (χ1) is 9.73. The smallest absolute Gasteiger partial charge is 0.108 e. The van der Waals surface area contributed by atoms with Crippen LogP contribution in [0.1, 0.15) is 65.2 Å². The average Bonchev–Trinajstić information content (AvgIpc) is 2.49. The van der Waals surface area contributed by atoms with Crippen molar-refractivity contribution in [3.8, 4) is 6.07 Å². The van der Waals surface area contributed by atoms with Gasteiger partial charge in [-0.3, -0.25) is 5.32 Å². The zero-order chi connectivity index (χ0) is 14.4. The number of nitrogens with one attached hydrogen (secondary N) is 1. The largest absolute Gasteiger partial charge is 0.300 e. The van der Waals surface area contributed by atoms with Gasteiger partial charge >= 0.3 is 0 Å². The summed E-state index contributed by atoms with van der Waals surface area (Å²) >= 11 is 0. The van der Waals surface area contributed by atoms with Crippen LogP contribution in [0.3, 0.4) is 0 Å². The van der Waals surface area contributed by atoms with Crippen LogP contribution < -0.4 is 5.32 Å². The molecule has 1 heterocycles. The van der Waals surface area contributed by atoms with E-state index in [1.54, 1.807) is 0 Å². The lowest BCUT2D eigenvalue weighted by atomic mass is 9.78. The number of piperidine rings is 1. The van der Waals surface area contributed by atoms with Gasteiger partial charge in [-0.15, -0.1) is 0 Å². The van der Waals surface area contributed by atoms with E-state index >= 15 is 0 Å². The molecule has 1 N–H and O–H groups in total. The number of nitriles is 1. The minimum Gasteiger partial charge on any atom is -0.300 e. The molecule has 3 heteroatoms. The molecule has 1 saturated carbocycles. The van der Waals surface area contributed by atoms with Gasteiger partial charge < -0.3 is 4.90 Å². The molecule has 2 fully saturated rings. The monoisotopic (exact) mass is 277 g/mol. The van der Waals surface area contributed by atoms with E-state index in [1.165, 1.54) is 51.6 Å². The molecule has 0 aromatic rings. The maximum atomic E-state index is 9.57. The Labute approximate surface area is 124 Å². The van der Waals surface area contributed by atoms with Gasteiger partial charge in [-0.1, -0.05) is 26.7 Å². The molecule has 0 radical (unpaired) electrons. The second-order valence-electron chi connectivity index (χ2n) is 6.74. The van der Waals surface area contributed by atoms with Crippen molar-refractivity contribution in [2.45, 2.75) is 76.8 Å². The van der Waals surface area contributed by atoms with E-state index in [2.05, 4.69) is 30.1 Å². The average molecular weight is 277 g/mol. The van der Waals surface area contributed by atoms with Crippen molar-refractivity contribution in [3.63, 3.8) is 0 Å². The molecule has 0 aromatic carbocycles. The second kappa shape index (κ2) is 7.43.